The van der Waals surface area contributed by atoms with Crippen molar-refractivity contribution in [2.45, 2.75) is 6.92 Å². The number of hydrogen-bond acceptors (Lipinski definition) is 1. The van der Waals surface area contributed by atoms with Crippen LogP contribution in [0.2, 0.25) is 0 Å². The van der Waals surface area contributed by atoms with Crippen LogP contribution < -0.4 is 0 Å². The lowest BCUT2D eigenvalue weighted by molar-refractivity contribution is 1.23. The SMILES string of the molecule is C=C/C=C\c1c(C)[nH]c2nc3ccccc3n12. The molecule has 3 rings (SSSR count). The standard InChI is InChI=1S/C14H13N3/c1-3-4-8-12-10(2)15-14-16-11-7-5-6-9-13(11)17(12)14/h3-9H,1H2,2H3,(H,15,16)/b8-4-. The van der Waals surface area contributed by atoms with E-state index in [0.717, 1.165) is 28.2 Å². The lowest BCUT2D eigenvalue weighted by atomic mass is 10.3. The van der Waals surface area contributed by atoms with Crippen LogP contribution in [-0.4, -0.2) is 14.4 Å². The molecule has 0 atom stereocenters. The van der Waals surface area contributed by atoms with E-state index in [1.165, 1.54) is 0 Å². The maximum atomic E-state index is 4.55. The van der Waals surface area contributed by atoms with Gasteiger partial charge in [0.2, 0.25) is 5.78 Å². The number of allylic oxidation sites excluding steroid dienone is 2. The molecule has 0 amide bonds. The minimum atomic E-state index is 0.882. The van der Waals surface area contributed by atoms with Gasteiger partial charge in [0.15, 0.2) is 0 Å². The van der Waals surface area contributed by atoms with Gasteiger partial charge in [-0.15, -0.1) is 0 Å². The molecule has 0 aliphatic carbocycles. The third kappa shape index (κ3) is 1.40. The van der Waals surface area contributed by atoms with Gasteiger partial charge in [-0.25, -0.2) is 4.98 Å². The Morgan fingerprint density at radius 3 is 3.00 bits per heavy atom. The highest BCUT2D eigenvalue weighted by Gasteiger charge is 2.10. The van der Waals surface area contributed by atoms with Crippen molar-refractivity contribution in [3.8, 4) is 0 Å². The molecular formula is C14H13N3. The third-order valence-electron chi connectivity index (χ3n) is 2.88. The zero-order valence-corrected chi connectivity index (χ0v) is 9.64. The van der Waals surface area contributed by atoms with E-state index in [4.69, 9.17) is 0 Å². The molecule has 2 heterocycles. The zero-order valence-electron chi connectivity index (χ0n) is 9.64. The smallest absolute Gasteiger partial charge is 0.213 e. The second-order valence-electron chi connectivity index (χ2n) is 3.99. The van der Waals surface area contributed by atoms with E-state index in [9.17, 15) is 0 Å². The van der Waals surface area contributed by atoms with Gasteiger partial charge in [-0.1, -0.05) is 30.9 Å². The number of H-pyrrole nitrogens is 1. The Balaban J connectivity index is 2.42. The number of benzene rings is 1. The molecule has 0 spiro atoms. The summed E-state index contributed by atoms with van der Waals surface area (Å²) in [5, 5.41) is 0. The van der Waals surface area contributed by atoms with Crippen molar-refractivity contribution in [3.05, 3.63) is 54.4 Å². The monoisotopic (exact) mass is 223 g/mol. The first-order chi connectivity index (χ1) is 8.31. The molecule has 0 radical (unpaired) electrons. The van der Waals surface area contributed by atoms with Crippen molar-refractivity contribution < 1.29 is 0 Å². The molecule has 1 N–H and O–H groups in total. The van der Waals surface area contributed by atoms with E-state index in [1.807, 2.05) is 37.3 Å². The van der Waals surface area contributed by atoms with Crippen LogP contribution in [0.15, 0.2) is 43.0 Å². The molecule has 0 bridgehead atoms. The number of rotatable bonds is 2. The van der Waals surface area contributed by atoms with Crippen molar-refractivity contribution in [1.82, 2.24) is 14.4 Å². The van der Waals surface area contributed by atoms with Gasteiger partial charge in [-0.3, -0.25) is 4.40 Å². The minimum absolute atomic E-state index is 0.882. The van der Waals surface area contributed by atoms with Crippen LogP contribution in [0, 0.1) is 6.92 Å². The average molecular weight is 223 g/mol. The van der Waals surface area contributed by atoms with Crippen LogP contribution in [0.25, 0.3) is 22.9 Å². The fourth-order valence-electron chi connectivity index (χ4n) is 2.11. The molecule has 84 valence electrons. The van der Waals surface area contributed by atoms with Crippen LogP contribution >= 0.6 is 0 Å². The van der Waals surface area contributed by atoms with Crippen molar-refractivity contribution in [2.24, 2.45) is 0 Å². The molecule has 17 heavy (non-hydrogen) atoms. The first kappa shape index (κ1) is 9.90. The number of aromatic nitrogens is 3. The van der Waals surface area contributed by atoms with E-state index in [2.05, 4.69) is 27.0 Å². The van der Waals surface area contributed by atoms with E-state index in [1.54, 1.807) is 6.08 Å². The molecule has 0 saturated heterocycles. The van der Waals surface area contributed by atoms with Crippen molar-refractivity contribution >= 4 is 22.9 Å². The predicted octanol–water partition coefficient (Wildman–Crippen LogP) is 3.32. The Hall–Kier alpha value is -2.29. The Morgan fingerprint density at radius 2 is 2.18 bits per heavy atom. The van der Waals surface area contributed by atoms with Crippen molar-refractivity contribution in [2.75, 3.05) is 0 Å². The summed E-state index contributed by atoms with van der Waals surface area (Å²) >= 11 is 0. The van der Waals surface area contributed by atoms with Crippen LogP contribution in [0.3, 0.4) is 0 Å². The summed E-state index contributed by atoms with van der Waals surface area (Å²) in [6, 6.07) is 8.13. The summed E-state index contributed by atoms with van der Waals surface area (Å²) in [5.74, 6) is 0.882. The number of nitrogens with zero attached hydrogens (tertiary/aromatic N) is 2. The molecule has 3 nitrogen and oxygen atoms in total. The average Bonchev–Trinajstić information content (AvgIpc) is 2.82. The summed E-state index contributed by atoms with van der Waals surface area (Å²) in [7, 11) is 0. The lowest BCUT2D eigenvalue weighted by Crippen LogP contribution is -1.85. The fourth-order valence-corrected chi connectivity index (χ4v) is 2.11. The second-order valence-corrected chi connectivity index (χ2v) is 3.99. The molecule has 2 aromatic heterocycles. The van der Waals surface area contributed by atoms with Crippen LogP contribution in [-0.2, 0) is 0 Å². The predicted molar refractivity (Wildman–Crippen MR) is 71.0 cm³/mol. The maximum absolute atomic E-state index is 4.55. The molecule has 0 aliphatic heterocycles. The number of aromatic amines is 1. The topological polar surface area (TPSA) is 33.1 Å². The summed E-state index contributed by atoms with van der Waals surface area (Å²) in [6.45, 7) is 5.75. The summed E-state index contributed by atoms with van der Waals surface area (Å²) in [4.78, 5) is 7.84. The molecule has 0 saturated carbocycles. The van der Waals surface area contributed by atoms with Gasteiger partial charge in [0.05, 0.1) is 16.7 Å². The number of fused-ring (bicyclic) bond motifs is 3. The number of para-hydroxylation sites is 2. The summed E-state index contributed by atoms with van der Waals surface area (Å²) in [6.07, 6.45) is 5.75. The highest BCUT2D eigenvalue weighted by Crippen LogP contribution is 2.21. The normalized spacial score (nSPS) is 11.8. The largest absolute Gasteiger partial charge is 0.327 e. The molecular weight excluding hydrogens is 210 g/mol. The Morgan fingerprint density at radius 1 is 1.35 bits per heavy atom. The van der Waals surface area contributed by atoms with Gasteiger partial charge in [-0.2, -0.15) is 0 Å². The molecule has 0 fully saturated rings. The van der Waals surface area contributed by atoms with Crippen LogP contribution in [0.1, 0.15) is 11.4 Å². The van der Waals surface area contributed by atoms with E-state index >= 15 is 0 Å². The number of aryl methyl sites for hydroxylation is 1. The molecule has 3 heteroatoms. The number of hydrogen-bond donors (Lipinski definition) is 1. The Labute approximate surface area is 99.1 Å². The Kier molecular flexibility index (Phi) is 2.11. The van der Waals surface area contributed by atoms with Crippen molar-refractivity contribution in [3.63, 3.8) is 0 Å². The fraction of sp³-hybridized carbons (Fsp3) is 0.0714. The lowest BCUT2D eigenvalue weighted by Gasteiger charge is -1.95. The first-order valence-electron chi connectivity index (χ1n) is 5.56. The Bertz CT molecular complexity index is 728. The van der Waals surface area contributed by atoms with Gasteiger partial charge in [-0.05, 0) is 25.1 Å². The maximum Gasteiger partial charge on any atom is 0.213 e. The van der Waals surface area contributed by atoms with Gasteiger partial charge in [0.25, 0.3) is 0 Å². The second kappa shape index (κ2) is 3.63. The van der Waals surface area contributed by atoms with Gasteiger partial charge >= 0.3 is 0 Å². The van der Waals surface area contributed by atoms with Gasteiger partial charge < -0.3 is 4.98 Å². The number of nitrogens with one attached hydrogen (secondary N) is 1. The zero-order chi connectivity index (χ0) is 11.8. The summed E-state index contributed by atoms with van der Waals surface area (Å²) in [5.41, 5.74) is 4.35. The first-order valence-corrected chi connectivity index (χ1v) is 5.56. The highest BCUT2D eigenvalue weighted by atomic mass is 15.1. The quantitative estimate of drug-likeness (QED) is 0.664. The van der Waals surface area contributed by atoms with Crippen molar-refractivity contribution in [1.29, 1.82) is 0 Å². The van der Waals surface area contributed by atoms with E-state index in [-0.39, 0.29) is 0 Å². The van der Waals surface area contributed by atoms with E-state index < -0.39 is 0 Å². The minimum Gasteiger partial charge on any atom is -0.327 e. The van der Waals surface area contributed by atoms with Crippen LogP contribution in [0.5, 0.6) is 0 Å². The highest BCUT2D eigenvalue weighted by molar-refractivity contribution is 5.81. The molecule has 0 unspecified atom stereocenters. The third-order valence-corrected chi connectivity index (χ3v) is 2.88. The molecule has 3 aromatic rings. The summed E-state index contributed by atoms with van der Waals surface area (Å²) < 4.78 is 2.13. The molecule has 1 aromatic carbocycles. The van der Waals surface area contributed by atoms with Gasteiger partial charge in [0.1, 0.15) is 0 Å². The van der Waals surface area contributed by atoms with Gasteiger partial charge in [0, 0.05) is 5.69 Å². The van der Waals surface area contributed by atoms with Crippen LogP contribution in [0.4, 0.5) is 0 Å². The van der Waals surface area contributed by atoms with E-state index in [0.29, 0.717) is 0 Å². The number of imidazole rings is 2. The molecule has 0 aliphatic rings.